The van der Waals surface area contributed by atoms with E-state index in [-0.39, 0.29) is 17.2 Å². The second-order valence-corrected chi connectivity index (χ2v) is 5.10. The molecule has 2 N–H and O–H groups in total. The molecule has 0 aromatic heterocycles. The van der Waals surface area contributed by atoms with Crippen molar-refractivity contribution in [3.05, 3.63) is 29.8 Å². The summed E-state index contributed by atoms with van der Waals surface area (Å²) in [7, 11) is 0. The molecule has 19 heavy (non-hydrogen) atoms. The lowest BCUT2D eigenvalue weighted by atomic mass is 10.2. The molecule has 102 valence electrons. The molecule has 0 aliphatic heterocycles. The smallest absolute Gasteiger partial charge is 0.310 e. The largest absolute Gasteiger partial charge is 0.481 e. The summed E-state index contributed by atoms with van der Waals surface area (Å²) < 4.78 is 0. The Morgan fingerprint density at radius 3 is 2.21 bits per heavy atom. The van der Waals surface area contributed by atoms with Gasteiger partial charge in [-0.05, 0) is 38.1 Å². The Morgan fingerprint density at radius 1 is 1.42 bits per heavy atom. The number of carbonyl (C=O) groups excluding carboxylic acids is 1. The molecule has 0 radical (unpaired) electrons. The molecule has 0 heterocycles. The summed E-state index contributed by atoms with van der Waals surface area (Å²) in [6, 6.07) is 9.42. The Bertz CT molecular complexity index is 452. The van der Waals surface area contributed by atoms with Gasteiger partial charge < -0.3 is 10.4 Å². The standard InChI is InChI=1S/C9H9BrN2.C4H6O3/c1-7(10)12-9-4-2-8(6-11)3-5-9;1-3(5)2-4(6)7/h2-5,7,12H,1H3;2H2,1H3,(H,6,7). The van der Waals surface area contributed by atoms with Crippen molar-refractivity contribution in [1.29, 1.82) is 5.26 Å². The molecular weight excluding hydrogens is 312 g/mol. The van der Waals surface area contributed by atoms with Gasteiger partial charge in [-0.25, -0.2) is 0 Å². The van der Waals surface area contributed by atoms with Crippen molar-refractivity contribution in [2.45, 2.75) is 25.2 Å². The molecule has 0 spiro atoms. The van der Waals surface area contributed by atoms with E-state index in [0.29, 0.717) is 5.56 Å². The van der Waals surface area contributed by atoms with Crippen LogP contribution in [0.1, 0.15) is 25.8 Å². The van der Waals surface area contributed by atoms with E-state index >= 15 is 0 Å². The maximum atomic E-state index is 9.87. The number of hydrogen-bond donors (Lipinski definition) is 2. The number of carboxylic acids is 1. The van der Waals surface area contributed by atoms with Gasteiger partial charge in [-0.1, -0.05) is 15.9 Å². The summed E-state index contributed by atoms with van der Waals surface area (Å²) in [5.74, 6) is -1.37. The first-order valence-corrected chi connectivity index (χ1v) is 6.38. The fourth-order valence-electron chi connectivity index (χ4n) is 1.08. The minimum absolute atomic E-state index is 0.241. The summed E-state index contributed by atoms with van der Waals surface area (Å²) in [5.41, 5.74) is 1.70. The third kappa shape index (κ3) is 9.80. The van der Waals surface area contributed by atoms with Gasteiger partial charge in [-0.2, -0.15) is 5.26 Å². The highest BCUT2D eigenvalue weighted by molar-refractivity contribution is 9.09. The highest BCUT2D eigenvalue weighted by Crippen LogP contribution is 2.11. The number of hydrogen-bond acceptors (Lipinski definition) is 4. The molecule has 1 aromatic carbocycles. The molecule has 0 bridgehead atoms. The lowest BCUT2D eigenvalue weighted by Gasteiger charge is -2.07. The number of nitrogens with zero attached hydrogens (tertiary/aromatic N) is 1. The Hall–Kier alpha value is -1.87. The highest BCUT2D eigenvalue weighted by Gasteiger charge is 1.98. The van der Waals surface area contributed by atoms with Crippen LogP contribution in [0, 0.1) is 11.3 Å². The van der Waals surface area contributed by atoms with Gasteiger partial charge in [0.15, 0.2) is 0 Å². The molecule has 1 aromatic rings. The van der Waals surface area contributed by atoms with E-state index in [0.717, 1.165) is 5.69 Å². The zero-order valence-corrected chi connectivity index (χ0v) is 12.3. The lowest BCUT2D eigenvalue weighted by molar-refractivity contribution is -0.139. The van der Waals surface area contributed by atoms with Gasteiger partial charge >= 0.3 is 5.97 Å². The summed E-state index contributed by atoms with van der Waals surface area (Å²) in [6.07, 6.45) is -0.361. The molecule has 1 atom stereocenters. The van der Waals surface area contributed by atoms with Gasteiger partial charge in [-0.3, -0.25) is 9.59 Å². The maximum Gasteiger partial charge on any atom is 0.310 e. The molecule has 0 aliphatic carbocycles. The number of carboxylic acid groups (broad SMARTS) is 1. The molecule has 0 aliphatic rings. The van der Waals surface area contributed by atoms with Crippen LogP contribution in [0.2, 0.25) is 0 Å². The van der Waals surface area contributed by atoms with E-state index in [2.05, 4.69) is 27.3 Å². The zero-order valence-electron chi connectivity index (χ0n) is 10.7. The number of ketones is 1. The van der Waals surface area contributed by atoms with Crippen molar-refractivity contribution in [2.24, 2.45) is 0 Å². The average Bonchev–Trinajstić information content (AvgIpc) is 2.28. The number of aliphatic carboxylic acids is 1. The van der Waals surface area contributed by atoms with E-state index < -0.39 is 5.97 Å². The average molecular weight is 327 g/mol. The van der Waals surface area contributed by atoms with Crippen molar-refractivity contribution in [3.8, 4) is 6.07 Å². The van der Waals surface area contributed by atoms with Crippen LogP contribution in [0.25, 0.3) is 0 Å². The van der Waals surface area contributed by atoms with E-state index in [1.165, 1.54) is 6.92 Å². The van der Waals surface area contributed by atoms with Gasteiger partial charge in [0.1, 0.15) is 12.2 Å². The fourth-order valence-corrected chi connectivity index (χ4v) is 1.35. The number of halogens is 1. The van der Waals surface area contributed by atoms with Crippen LogP contribution in [0.4, 0.5) is 5.69 Å². The molecule has 0 fully saturated rings. The molecule has 1 unspecified atom stereocenters. The Kier molecular flexibility index (Phi) is 8.22. The van der Waals surface area contributed by atoms with E-state index in [4.69, 9.17) is 10.4 Å². The number of rotatable bonds is 4. The number of alkyl halides is 1. The zero-order chi connectivity index (χ0) is 14.8. The van der Waals surface area contributed by atoms with Gasteiger partial charge in [0.25, 0.3) is 0 Å². The molecular formula is C13H15BrN2O3. The second-order valence-electron chi connectivity index (χ2n) is 3.72. The van der Waals surface area contributed by atoms with Crippen LogP contribution >= 0.6 is 15.9 Å². The summed E-state index contributed by atoms with van der Waals surface area (Å²) >= 11 is 3.37. The predicted octanol–water partition coefficient (Wildman–Crippen LogP) is 2.76. The van der Waals surface area contributed by atoms with Gasteiger partial charge in [0.2, 0.25) is 0 Å². The number of carbonyl (C=O) groups is 2. The van der Waals surface area contributed by atoms with Crippen molar-refractivity contribution < 1.29 is 14.7 Å². The summed E-state index contributed by atoms with van der Waals surface area (Å²) in [4.78, 5) is 19.7. The number of benzene rings is 1. The van der Waals surface area contributed by atoms with Crippen molar-refractivity contribution in [1.82, 2.24) is 0 Å². The van der Waals surface area contributed by atoms with E-state index in [9.17, 15) is 9.59 Å². The van der Waals surface area contributed by atoms with Crippen LogP contribution in [0.3, 0.4) is 0 Å². The van der Waals surface area contributed by atoms with Crippen LogP contribution in [-0.4, -0.2) is 21.8 Å². The van der Waals surface area contributed by atoms with Crippen LogP contribution in [0.15, 0.2) is 24.3 Å². The second kappa shape index (κ2) is 9.11. The molecule has 1 rings (SSSR count). The molecule has 0 amide bonds. The minimum atomic E-state index is -1.06. The topological polar surface area (TPSA) is 90.2 Å². The van der Waals surface area contributed by atoms with Crippen molar-refractivity contribution in [3.63, 3.8) is 0 Å². The number of nitriles is 1. The van der Waals surface area contributed by atoms with Crippen LogP contribution < -0.4 is 5.32 Å². The van der Waals surface area contributed by atoms with Gasteiger partial charge in [0.05, 0.1) is 16.6 Å². The Labute approximate surface area is 120 Å². The first-order chi connectivity index (χ1) is 8.85. The Balaban J connectivity index is 0.000000399. The van der Waals surface area contributed by atoms with E-state index in [1.54, 1.807) is 12.1 Å². The quantitative estimate of drug-likeness (QED) is 0.504. The third-order valence-corrected chi connectivity index (χ3v) is 2.01. The number of nitrogens with one attached hydrogen (secondary N) is 1. The minimum Gasteiger partial charge on any atom is -0.481 e. The van der Waals surface area contributed by atoms with Gasteiger partial charge in [0, 0.05) is 5.69 Å². The fraction of sp³-hybridized carbons (Fsp3) is 0.308. The molecule has 0 saturated heterocycles. The van der Waals surface area contributed by atoms with Crippen molar-refractivity contribution >= 4 is 33.4 Å². The first-order valence-electron chi connectivity index (χ1n) is 5.47. The van der Waals surface area contributed by atoms with Crippen LogP contribution in [-0.2, 0) is 9.59 Å². The van der Waals surface area contributed by atoms with Gasteiger partial charge in [-0.15, -0.1) is 0 Å². The normalized spacial score (nSPS) is 10.4. The predicted molar refractivity (Wildman–Crippen MR) is 76.1 cm³/mol. The first kappa shape index (κ1) is 17.1. The summed E-state index contributed by atoms with van der Waals surface area (Å²) in [5, 5.41) is 19.6. The summed E-state index contributed by atoms with van der Waals surface area (Å²) in [6.45, 7) is 3.24. The monoisotopic (exact) mass is 326 g/mol. The molecule has 6 heteroatoms. The van der Waals surface area contributed by atoms with Crippen molar-refractivity contribution in [2.75, 3.05) is 5.32 Å². The highest BCUT2D eigenvalue weighted by atomic mass is 79.9. The Morgan fingerprint density at radius 2 is 1.95 bits per heavy atom. The molecule has 5 nitrogen and oxygen atoms in total. The van der Waals surface area contributed by atoms with Crippen LogP contribution in [0.5, 0.6) is 0 Å². The SMILES string of the molecule is CC(=O)CC(=O)O.CC(Br)Nc1ccc(C#N)cc1. The molecule has 0 saturated carbocycles. The number of anilines is 1. The number of Topliss-reactive ketones (excluding diaryl/α,β-unsaturated/α-hetero) is 1. The maximum absolute atomic E-state index is 9.87. The lowest BCUT2D eigenvalue weighted by Crippen LogP contribution is -2.05. The van der Waals surface area contributed by atoms with E-state index in [1.807, 2.05) is 19.1 Å². The third-order valence-electron chi connectivity index (χ3n) is 1.78.